The highest BCUT2D eigenvalue weighted by molar-refractivity contribution is 7.98. The maximum Gasteiger partial charge on any atom is 0.258 e. The quantitative estimate of drug-likeness (QED) is 0.864. The first-order valence-electron chi connectivity index (χ1n) is 6.21. The van der Waals surface area contributed by atoms with Crippen LogP contribution < -0.4 is 10.1 Å². The minimum atomic E-state index is -0.229. The van der Waals surface area contributed by atoms with E-state index in [9.17, 15) is 4.79 Å². The first kappa shape index (κ1) is 15.7. The van der Waals surface area contributed by atoms with Crippen LogP contribution in [0.4, 0.5) is 5.69 Å². The molecule has 0 radical (unpaired) electrons. The Hall–Kier alpha value is -1.72. The molecule has 1 amide bonds. The first-order valence-corrected chi connectivity index (χ1v) is 7.81. The van der Waals surface area contributed by atoms with E-state index in [2.05, 4.69) is 10.3 Å². The molecule has 4 nitrogen and oxygen atoms in total. The van der Waals surface area contributed by atoms with Crippen molar-refractivity contribution in [2.24, 2.45) is 0 Å². The molecule has 110 valence electrons. The molecule has 1 heterocycles. The monoisotopic (exact) mass is 322 g/mol. The Bertz CT molecular complexity index is 677. The summed E-state index contributed by atoms with van der Waals surface area (Å²) >= 11 is 7.49. The zero-order chi connectivity index (χ0) is 15.4. The molecule has 21 heavy (non-hydrogen) atoms. The Morgan fingerprint density at radius 2 is 2.19 bits per heavy atom. The van der Waals surface area contributed by atoms with Crippen molar-refractivity contribution in [3.8, 4) is 5.75 Å². The van der Waals surface area contributed by atoms with Crippen LogP contribution in [0.2, 0.25) is 5.02 Å². The Morgan fingerprint density at radius 3 is 2.86 bits per heavy atom. The Balaban J connectivity index is 2.33. The van der Waals surface area contributed by atoms with Gasteiger partial charge in [0, 0.05) is 17.3 Å². The van der Waals surface area contributed by atoms with Crippen LogP contribution in [0, 0.1) is 6.92 Å². The number of carbonyl (C=O) groups is 1. The van der Waals surface area contributed by atoms with Crippen LogP contribution in [0.3, 0.4) is 0 Å². The SMILES string of the molecule is COc1cc(Cl)c(C)cc1NC(=O)c1cccnc1SC. The number of hydrogen-bond acceptors (Lipinski definition) is 4. The Labute approximate surface area is 132 Å². The molecule has 2 rings (SSSR count). The summed E-state index contributed by atoms with van der Waals surface area (Å²) in [5.41, 5.74) is 1.98. The van der Waals surface area contributed by atoms with Gasteiger partial charge in [0.05, 0.1) is 18.4 Å². The van der Waals surface area contributed by atoms with E-state index in [0.717, 1.165) is 5.56 Å². The number of rotatable bonds is 4. The predicted molar refractivity (Wildman–Crippen MR) is 86.7 cm³/mol. The smallest absolute Gasteiger partial charge is 0.258 e. The molecule has 1 aromatic carbocycles. The van der Waals surface area contributed by atoms with Crippen molar-refractivity contribution < 1.29 is 9.53 Å². The molecule has 6 heteroatoms. The summed E-state index contributed by atoms with van der Waals surface area (Å²) in [5, 5.41) is 4.12. The van der Waals surface area contributed by atoms with Gasteiger partial charge in [-0.2, -0.15) is 0 Å². The van der Waals surface area contributed by atoms with Crippen LogP contribution in [-0.2, 0) is 0 Å². The number of anilines is 1. The van der Waals surface area contributed by atoms with Gasteiger partial charge in [0.25, 0.3) is 5.91 Å². The van der Waals surface area contributed by atoms with Crippen LogP contribution in [0.1, 0.15) is 15.9 Å². The fraction of sp³-hybridized carbons (Fsp3) is 0.200. The van der Waals surface area contributed by atoms with Crippen molar-refractivity contribution in [1.82, 2.24) is 4.98 Å². The minimum Gasteiger partial charge on any atom is -0.495 e. The van der Waals surface area contributed by atoms with E-state index in [4.69, 9.17) is 16.3 Å². The van der Waals surface area contributed by atoms with Crippen LogP contribution in [-0.4, -0.2) is 24.3 Å². The third-order valence-electron chi connectivity index (χ3n) is 2.94. The van der Waals surface area contributed by atoms with Crippen LogP contribution >= 0.6 is 23.4 Å². The van der Waals surface area contributed by atoms with Gasteiger partial charge in [0.2, 0.25) is 0 Å². The molecule has 1 N–H and O–H groups in total. The molecule has 0 saturated carbocycles. The fourth-order valence-corrected chi connectivity index (χ4v) is 2.55. The number of carbonyl (C=O) groups excluding carboxylic acids is 1. The van der Waals surface area contributed by atoms with Gasteiger partial charge >= 0.3 is 0 Å². The first-order chi connectivity index (χ1) is 10.1. The summed E-state index contributed by atoms with van der Waals surface area (Å²) < 4.78 is 5.25. The molecular weight excluding hydrogens is 308 g/mol. The van der Waals surface area contributed by atoms with E-state index < -0.39 is 0 Å². The van der Waals surface area contributed by atoms with Crippen LogP contribution in [0.5, 0.6) is 5.75 Å². The van der Waals surface area contributed by atoms with Gasteiger partial charge in [-0.1, -0.05) is 11.6 Å². The van der Waals surface area contributed by atoms with Crippen molar-refractivity contribution >= 4 is 35.0 Å². The van der Waals surface area contributed by atoms with E-state index in [0.29, 0.717) is 27.0 Å². The lowest BCUT2D eigenvalue weighted by atomic mass is 10.2. The lowest BCUT2D eigenvalue weighted by Crippen LogP contribution is -2.14. The van der Waals surface area contributed by atoms with Crippen molar-refractivity contribution in [1.29, 1.82) is 0 Å². The summed E-state index contributed by atoms with van der Waals surface area (Å²) in [6.45, 7) is 1.87. The molecule has 0 aliphatic rings. The fourth-order valence-electron chi connectivity index (χ4n) is 1.85. The van der Waals surface area contributed by atoms with Crippen molar-refractivity contribution in [2.75, 3.05) is 18.7 Å². The molecule has 0 fully saturated rings. The highest BCUT2D eigenvalue weighted by Gasteiger charge is 2.15. The Kier molecular flexibility index (Phi) is 5.09. The number of thioether (sulfide) groups is 1. The number of nitrogens with zero attached hydrogens (tertiary/aromatic N) is 1. The zero-order valence-electron chi connectivity index (χ0n) is 11.9. The van der Waals surface area contributed by atoms with Gasteiger partial charge < -0.3 is 10.1 Å². The molecule has 0 aliphatic heterocycles. The second-order valence-electron chi connectivity index (χ2n) is 4.32. The second kappa shape index (κ2) is 6.83. The standard InChI is InChI=1S/C15H15ClN2O2S/c1-9-7-12(13(20-2)8-11(9)16)18-14(19)10-5-4-6-17-15(10)21-3/h4-8H,1-3H3,(H,18,19). The number of hydrogen-bond donors (Lipinski definition) is 1. The number of benzene rings is 1. The largest absolute Gasteiger partial charge is 0.495 e. The van der Waals surface area contributed by atoms with Crippen molar-refractivity contribution in [3.63, 3.8) is 0 Å². The summed E-state index contributed by atoms with van der Waals surface area (Å²) in [4.78, 5) is 16.6. The highest BCUT2D eigenvalue weighted by Crippen LogP contribution is 2.31. The number of ether oxygens (including phenoxy) is 1. The molecule has 2 aromatic rings. The molecule has 1 aromatic heterocycles. The van der Waals surface area contributed by atoms with E-state index in [1.807, 2.05) is 13.2 Å². The third-order valence-corrected chi connectivity index (χ3v) is 4.06. The Morgan fingerprint density at radius 1 is 1.43 bits per heavy atom. The summed E-state index contributed by atoms with van der Waals surface area (Å²) in [6, 6.07) is 6.95. The topological polar surface area (TPSA) is 51.2 Å². The van der Waals surface area contributed by atoms with E-state index in [-0.39, 0.29) is 5.91 Å². The van der Waals surface area contributed by atoms with Crippen LogP contribution in [0.15, 0.2) is 35.5 Å². The lowest BCUT2D eigenvalue weighted by molar-refractivity contribution is 0.102. The molecular formula is C15H15ClN2O2S. The maximum atomic E-state index is 12.4. The van der Waals surface area contributed by atoms with Crippen molar-refractivity contribution in [2.45, 2.75) is 11.9 Å². The van der Waals surface area contributed by atoms with Crippen LogP contribution in [0.25, 0.3) is 0 Å². The number of aromatic nitrogens is 1. The maximum absolute atomic E-state index is 12.4. The van der Waals surface area contributed by atoms with Gasteiger partial charge in [-0.15, -0.1) is 11.8 Å². The van der Waals surface area contributed by atoms with E-state index >= 15 is 0 Å². The predicted octanol–water partition coefficient (Wildman–Crippen LogP) is 4.03. The average molecular weight is 323 g/mol. The molecule has 0 spiro atoms. The summed E-state index contributed by atoms with van der Waals surface area (Å²) in [5.74, 6) is 0.293. The zero-order valence-corrected chi connectivity index (χ0v) is 13.5. The number of aryl methyl sites for hydroxylation is 1. The number of pyridine rings is 1. The number of nitrogens with one attached hydrogen (secondary N) is 1. The van der Waals surface area contributed by atoms with E-state index in [1.165, 1.54) is 18.9 Å². The van der Waals surface area contributed by atoms with Gasteiger partial charge in [-0.3, -0.25) is 4.79 Å². The minimum absolute atomic E-state index is 0.229. The number of halogens is 1. The average Bonchev–Trinajstić information content (AvgIpc) is 2.50. The van der Waals surface area contributed by atoms with Gasteiger partial charge in [0.15, 0.2) is 0 Å². The van der Waals surface area contributed by atoms with Gasteiger partial charge in [-0.05, 0) is 36.9 Å². The third kappa shape index (κ3) is 3.49. The van der Waals surface area contributed by atoms with Crippen molar-refractivity contribution in [3.05, 3.63) is 46.6 Å². The van der Waals surface area contributed by atoms with E-state index in [1.54, 1.807) is 30.5 Å². The summed E-state index contributed by atoms with van der Waals surface area (Å²) in [6.07, 6.45) is 3.54. The normalized spacial score (nSPS) is 10.3. The number of amides is 1. The molecule has 0 aliphatic carbocycles. The molecule has 0 atom stereocenters. The second-order valence-corrected chi connectivity index (χ2v) is 5.52. The molecule has 0 bridgehead atoms. The summed E-state index contributed by atoms with van der Waals surface area (Å²) in [7, 11) is 1.54. The number of methoxy groups -OCH3 is 1. The lowest BCUT2D eigenvalue weighted by Gasteiger charge is -2.13. The van der Waals surface area contributed by atoms with Gasteiger partial charge in [-0.25, -0.2) is 4.98 Å². The highest BCUT2D eigenvalue weighted by atomic mass is 35.5. The molecule has 0 unspecified atom stereocenters. The molecule has 0 saturated heterocycles. The van der Waals surface area contributed by atoms with Gasteiger partial charge in [0.1, 0.15) is 10.8 Å².